The smallest absolute Gasteiger partial charge is 0.0264 e. The molecule has 3 atom stereocenters. The summed E-state index contributed by atoms with van der Waals surface area (Å²) >= 11 is 9.93. The standard InChI is InChI=1S/C7H11Br2I/c8-5-2-1-3-6(9)7(10)4-5/h5-7H,1-4H2. The van der Waals surface area contributed by atoms with Crippen molar-refractivity contribution >= 4 is 54.5 Å². The highest BCUT2D eigenvalue weighted by atomic mass is 127. The van der Waals surface area contributed by atoms with Crippen LogP contribution < -0.4 is 0 Å². The summed E-state index contributed by atoms with van der Waals surface area (Å²) in [4.78, 5) is 1.51. The molecule has 0 nitrogen and oxygen atoms in total. The zero-order chi connectivity index (χ0) is 7.56. The van der Waals surface area contributed by atoms with Gasteiger partial charge in [-0.3, -0.25) is 0 Å². The highest BCUT2D eigenvalue weighted by molar-refractivity contribution is 14.1. The average Bonchev–Trinajstić information content (AvgIpc) is 1.96. The third kappa shape index (κ3) is 2.97. The Kier molecular flexibility index (Phi) is 4.55. The van der Waals surface area contributed by atoms with Crippen molar-refractivity contribution < 1.29 is 0 Å². The summed E-state index contributed by atoms with van der Waals surface area (Å²) in [5.74, 6) is 0. The van der Waals surface area contributed by atoms with Gasteiger partial charge in [-0.25, -0.2) is 0 Å². The Hall–Kier alpha value is 1.69. The fraction of sp³-hybridized carbons (Fsp3) is 1.00. The van der Waals surface area contributed by atoms with Crippen molar-refractivity contribution in [2.75, 3.05) is 0 Å². The minimum Gasteiger partial charge on any atom is -0.0890 e. The lowest BCUT2D eigenvalue weighted by atomic mass is 10.2. The normalized spacial score (nSPS) is 42.9. The molecule has 1 fully saturated rings. The first-order chi connectivity index (χ1) is 4.70. The van der Waals surface area contributed by atoms with E-state index in [-0.39, 0.29) is 0 Å². The number of alkyl halides is 3. The maximum absolute atomic E-state index is 3.70. The highest BCUT2D eigenvalue weighted by Gasteiger charge is 2.22. The van der Waals surface area contributed by atoms with E-state index in [1.54, 1.807) is 0 Å². The van der Waals surface area contributed by atoms with E-state index in [9.17, 15) is 0 Å². The van der Waals surface area contributed by atoms with Crippen molar-refractivity contribution in [3.63, 3.8) is 0 Å². The fourth-order valence-corrected chi connectivity index (χ4v) is 4.16. The molecule has 0 bridgehead atoms. The predicted molar refractivity (Wildman–Crippen MR) is 61.7 cm³/mol. The summed E-state index contributed by atoms with van der Waals surface area (Å²) in [6.45, 7) is 0. The first kappa shape index (κ1) is 9.78. The van der Waals surface area contributed by atoms with Crippen molar-refractivity contribution in [1.82, 2.24) is 0 Å². The SMILES string of the molecule is BrC1CCCC(Br)C(I)C1. The minimum atomic E-state index is 0.746. The van der Waals surface area contributed by atoms with Crippen LogP contribution in [-0.4, -0.2) is 13.6 Å². The number of halogens is 3. The van der Waals surface area contributed by atoms with Crippen molar-refractivity contribution in [3.8, 4) is 0 Å². The molecule has 0 heterocycles. The van der Waals surface area contributed by atoms with E-state index in [4.69, 9.17) is 0 Å². The molecule has 0 aromatic rings. The Morgan fingerprint density at radius 1 is 1.20 bits per heavy atom. The van der Waals surface area contributed by atoms with Crippen LogP contribution in [-0.2, 0) is 0 Å². The van der Waals surface area contributed by atoms with E-state index in [1.807, 2.05) is 0 Å². The Morgan fingerprint density at radius 3 is 2.60 bits per heavy atom. The monoisotopic (exact) mass is 380 g/mol. The third-order valence-electron chi connectivity index (χ3n) is 1.87. The minimum absolute atomic E-state index is 0.746. The largest absolute Gasteiger partial charge is 0.0890 e. The number of hydrogen-bond donors (Lipinski definition) is 0. The van der Waals surface area contributed by atoms with Gasteiger partial charge in [-0.05, 0) is 19.3 Å². The van der Waals surface area contributed by atoms with Gasteiger partial charge in [0.25, 0.3) is 0 Å². The van der Waals surface area contributed by atoms with Crippen LogP contribution in [0, 0.1) is 0 Å². The van der Waals surface area contributed by atoms with Gasteiger partial charge in [0.05, 0.1) is 0 Å². The van der Waals surface area contributed by atoms with Gasteiger partial charge in [0, 0.05) is 13.6 Å². The van der Waals surface area contributed by atoms with Gasteiger partial charge in [0.1, 0.15) is 0 Å². The molecule has 3 unspecified atom stereocenters. The number of hydrogen-bond acceptors (Lipinski definition) is 0. The van der Waals surface area contributed by atoms with Gasteiger partial charge in [0.15, 0.2) is 0 Å². The second kappa shape index (κ2) is 4.65. The molecule has 0 aromatic carbocycles. The number of rotatable bonds is 0. The van der Waals surface area contributed by atoms with Crippen LogP contribution in [0.4, 0.5) is 0 Å². The van der Waals surface area contributed by atoms with E-state index < -0.39 is 0 Å². The summed E-state index contributed by atoms with van der Waals surface area (Å²) < 4.78 is 0.810. The first-order valence-electron chi connectivity index (χ1n) is 3.62. The van der Waals surface area contributed by atoms with Gasteiger partial charge >= 0.3 is 0 Å². The van der Waals surface area contributed by atoms with Crippen LogP contribution >= 0.6 is 54.5 Å². The van der Waals surface area contributed by atoms with E-state index in [1.165, 1.54) is 25.7 Å². The van der Waals surface area contributed by atoms with E-state index in [2.05, 4.69) is 54.5 Å². The summed E-state index contributed by atoms with van der Waals surface area (Å²) in [6, 6.07) is 0. The Balaban J connectivity index is 2.41. The van der Waals surface area contributed by atoms with Crippen molar-refractivity contribution in [2.24, 2.45) is 0 Å². The Bertz CT molecular complexity index is 108. The zero-order valence-electron chi connectivity index (χ0n) is 5.69. The van der Waals surface area contributed by atoms with Gasteiger partial charge in [-0.2, -0.15) is 0 Å². The lowest BCUT2D eigenvalue weighted by molar-refractivity contribution is 0.725. The summed E-state index contributed by atoms with van der Waals surface area (Å²) in [5.41, 5.74) is 0. The second-order valence-electron chi connectivity index (χ2n) is 2.80. The second-order valence-corrected chi connectivity index (χ2v) is 6.87. The lowest BCUT2D eigenvalue weighted by Gasteiger charge is -2.12. The van der Waals surface area contributed by atoms with Gasteiger partial charge in [0.2, 0.25) is 0 Å². The van der Waals surface area contributed by atoms with Crippen molar-refractivity contribution in [2.45, 2.75) is 39.3 Å². The summed E-state index contributed by atoms with van der Waals surface area (Å²) in [5, 5.41) is 0. The van der Waals surface area contributed by atoms with Gasteiger partial charge in [-0.1, -0.05) is 60.9 Å². The van der Waals surface area contributed by atoms with Gasteiger partial charge < -0.3 is 0 Å². The molecule has 0 aliphatic heterocycles. The molecule has 0 spiro atoms. The molecule has 1 aliphatic rings. The molecule has 0 aromatic heterocycles. The third-order valence-corrected chi connectivity index (χ3v) is 6.16. The Labute approximate surface area is 92.9 Å². The molecule has 0 saturated heterocycles. The van der Waals surface area contributed by atoms with Crippen LogP contribution in [0.15, 0.2) is 0 Å². The highest BCUT2D eigenvalue weighted by Crippen LogP contribution is 2.32. The molecule has 0 amide bonds. The van der Waals surface area contributed by atoms with Crippen molar-refractivity contribution in [3.05, 3.63) is 0 Å². The molecule has 1 aliphatic carbocycles. The van der Waals surface area contributed by atoms with Crippen LogP contribution in [0.3, 0.4) is 0 Å². The molecule has 3 heteroatoms. The summed E-state index contributed by atoms with van der Waals surface area (Å²) in [7, 11) is 0. The lowest BCUT2D eigenvalue weighted by Crippen LogP contribution is -2.13. The molecule has 0 N–H and O–H groups in total. The van der Waals surface area contributed by atoms with E-state index in [0.29, 0.717) is 0 Å². The van der Waals surface area contributed by atoms with Crippen LogP contribution in [0.1, 0.15) is 25.7 Å². The van der Waals surface area contributed by atoms with Crippen LogP contribution in [0.2, 0.25) is 0 Å². The van der Waals surface area contributed by atoms with Crippen molar-refractivity contribution in [1.29, 1.82) is 0 Å². The zero-order valence-corrected chi connectivity index (χ0v) is 11.0. The Morgan fingerprint density at radius 2 is 1.90 bits per heavy atom. The predicted octanol–water partition coefficient (Wildman–Crippen LogP) is 3.89. The average molecular weight is 382 g/mol. The molecule has 0 radical (unpaired) electrons. The van der Waals surface area contributed by atoms with E-state index >= 15 is 0 Å². The molecule has 1 rings (SSSR count). The molecule has 1 saturated carbocycles. The summed E-state index contributed by atoms with van der Waals surface area (Å²) in [6.07, 6.45) is 5.37. The fourth-order valence-electron chi connectivity index (χ4n) is 1.23. The van der Waals surface area contributed by atoms with Gasteiger partial charge in [-0.15, -0.1) is 0 Å². The topological polar surface area (TPSA) is 0 Å². The first-order valence-corrected chi connectivity index (χ1v) is 6.70. The molecular formula is C7H11Br2I. The van der Waals surface area contributed by atoms with E-state index in [0.717, 1.165) is 13.6 Å². The molecular weight excluding hydrogens is 371 g/mol. The molecule has 10 heavy (non-hydrogen) atoms. The quantitative estimate of drug-likeness (QED) is 0.339. The molecule has 60 valence electrons. The van der Waals surface area contributed by atoms with Crippen LogP contribution in [0.25, 0.3) is 0 Å². The maximum atomic E-state index is 3.70. The maximum Gasteiger partial charge on any atom is 0.0264 e. The van der Waals surface area contributed by atoms with Crippen LogP contribution in [0.5, 0.6) is 0 Å².